The third-order valence-electron chi connectivity index (χ3n) is 3.62. The molecule has 1 fully saturated rings. The summed E-state index contributed by atoms with van der Waals surface area (Å²) in [5, 5.41) is 11.1. The van der Waals surface area contributed by atoms with Crippen molar-refractivity contribution in [3.05, 3.63) is 39.9 Å². The van der Waals surface area contributed by atoms with Gasteiger partial charge in [-0.3, -0.25) is 10.1 Å². The summed E-state index contributed by atoms with van der Waals surface area (Å²) in [5.74, 6) is 0.312. The van der Waals surface area contributed by atoms with Crippen LogP contribution in [-0.4, -0.2) is 29.5 Å². The Bertz CT molecular complexity index is 418. The lowest BCUT2D eigenvalue weighted by Gasteiger charge is -2.32. The van der Waals surface area contributed by atoms with Gasteiger partial charge in [0.2, 0.25) is 0 Å². The summed E-state index contributed by atoms with van der Waals surface area (Å²) >= 11 is 0. The third-order valence-corrected chi connectivity index (χ3v) is 3.62. The summed E-state index contributed by atoms with van der Waals surface area (Å²) in [4.78, 5) is 13.2. The number of hydrogen-bond donors (Lipinski definition) is 0. The topological polar surface area (TPSA) is 46.4 Å². The number of para-hydroxylation sites is 1. The average Bonchev–Trinajstić information content (AvgIpc) is 2.39. The number of nitro benzene ring substituents is 1. The van der Waals surface area contributed by atoms with E-state index in [2.05, 4.69) is 11.8 Å². The smallest absolute Gasteiger partial charge is 0.272 e. The second-order valence-corrected chi connectivity index (χ2v) is 4.96. The number of likely N-dealkylation sites (tertiary alicyclic amines) is 1. The predicted molar refractivity (Wildman–Crippen MR) is 71.8 cm³/mol. The zero-order valence-electron chi connectivity index (χ0n) is 10.8. The van der Waals surface area contributed by atoms with E-state index in [0.29, 0.717) is 5.92 Å². The number of piperidine rings is 1. The highest BCUT2D eigenvalue weighted by molar-refractivity contribution is 5.42. The molecule has 1 heterocycles. The first-order valence-corrected chi connectivity index (χ1v) is 6.68. The molecular weight excluding hydrogens is 228 g/mol. The minimum absolute atomic E-state index is 0.256. The molecule has 0 unspecified atom stereocenters. The largest absolute Gasteiger partial charge is 0.303 e. The summed E-state index contributed by atoms with van der Waals surface area (Å²) < 4.78 is 0. The van der Waals surface area contributed by atoms with Crippen molar-refractivity contribution in [2.45, 2.75) is 32.1 Å². The molecule has 0 amide bonds. The minimum atomic E-state index is -0.256. The van der Waals surface area contributed by atoms with Crippen molar-refractivity contribution in [1.29, 1.82) is 0 Å². The molecule has 1 aromatic carbocycles. The van der Waals surface area contributed by atoms with E-state index in [9.17, 15) is 10.1 Å². The highest BCUT2D eigenvalue weighted by atomic mass is 16.6. The van der Waals surface area contributed by atoms with Crippen LogP contribution >= 0.6 is 0 Å². The van der Waals surface area contributed by atoms with E-state index in [1.54, 1.807) is 12.1 Å². The molecule has 98 valence electrons. The van der Waals surface area contributed by atoms with Crippen LogP contribution in [-0.2, 0) is 0 Å². The highest BCUT2D eigenvalue weighted by Crippen LogP contribution is 2.32. The van der Waals surface area contributed by atoms with E-state index in [4.69, 9.17) is 0 Å². The Kier molecular flexibility index (Phi) is 4.31. The molecule has 0 N–H and O–H groups in total. The summed E-state index contributed by atoms with van der Waals surface area (Å²) in [6, 6.07) is 7.18. The zero-order valence-corrected chi connectivity index (χ0v) is 10.8. The third kappa shape index (κ3) is 2.88. The maximum Gasteiger partial charge on any atom is 0.272 e. The van der Waals surface area contributed by atoms with Gasteiger partial charge in [-0.05, 0) is 32.4 Å². The number of nitrogens with zero attached hydrogens (tertiary/aromatic N) is 2. The van der Waals surface area contributed by atoms with Gasteiger partial charge >= 0.3 is 0 Å². The highest BCUT2D eigenvalue weighted by Gasteiger charge is 2.26. The molecule has 1 atom stereocenters. The second kappa shape index (κ2) is 5.96. The molecule has 0 saturated carbocycles. The van der Waals surface area contributed by atoms with Crippen LogP contribution in [0.1, 0.15) is 37.7 Å². The van der Waals surface area contributed by atoms with Gasteiger partial charge in [0.05, 0.1) is 4.92 Å². The molecule has 0 radical (unpaired) electrons. The van der Waals surface area contributed by atoms with Crippen LogP contribution in [0.25, 0.3) is 0 Å². The van der Waals surface area contributed by atoms with Gasteiger partial charge in [-0.15, -0.1) is 0 Å². The van der Waals surface area contributed by atoms with Crippen LogP contribution in [0.15, 0.2) is 24.3 Å². The second-order valence-electron chi connectivity index (χ2n) is 4.96. The molecule has 1 saturated heterocycles. The molecule has 0 bridgehead atoms. The minimum Gasteiger partial charge on any atom is -0.303 e. The summed E-state index contributed by atoms with van der Waals surface area (Å²) in [6.07, 6.45) is 3.34. The van der Waals surface area contributed by atoms with Crippen molar-refractivity contribution >= 4 is 5.69 Å². The molecule has 1 aliphatic heterocycles. The molecule has 4 nitrogen and oxygen atoms in total. The van der Waals surface area contributed by atoms with Gasteiger partial charge in [0, 0.05) is 24.1 Å². The van der Waals surface area contributed by atoms with Gasteiger partial charge in [0.1, 0.15) is 0 Å². The number of hydrogen-bond acceptors (Lipinski definition) is 3. The first kappa shape index (κ1) is 13.0. The van der Waals surface area contributed by atoms with Crippen molar-refractivity contribution in [2.75, 3.05) is 19.6 Å². The SMILES string of the molecule is CCCN1CCC[C@@H](c2ccccc2[N+](=O)[O-])C1. The molecule has 4 heteroatoms. The maximum absolute atomic E-state index is 11.1. The Hall–Kier alpha value is -1.42. The maximum atomic E-state index is 11.1. The van der Waals surface area contributed by atoms with E-state index in [1.807, 2.05) is 12.1 Å². The van der Waals surface area contributed by atoms with Gasteiger partial charge in [0.25, 0.3) is 5.69 Å². The first-order valence-electron chi connectivity index (χ1n) is 6.68. The van der Waals surface area contributed by atoms with Crippen molar-refractivity contribution in [2.24, 2.45) is 0 Å². The van der Waals surface area contributed by atoms with Crippen molar-refractivity contribution in [1.82, 2.24) is 4.90 Å². The van der Waals surface area contributed by atoms with Gasteiger partial charge in [0.15, 0.2) is 0 Å². The Morgan fingerprint density at radius 1 is 1.44 bits per heavy atom. The van der Waals surface area contributed by atoms with Crippen LogP contribution in [0.3, 0.4) is 0 Å². The first-order chi connectivity index (χ1) is 8.72. The molecule has 0 spiro atoms. The van der Waals surface area contributed by atoms with E-state index in [1.165, 1.54) is 0 Å². The van der Waals surface area contributed by atoms with Gasteiger partial charge < -0.3 is 4.90 Å². The van der Waals surface area contributed by atoms with E-state index >= 15 is 0 Å². The summed E-state index contributed by atoms with van der Waals surface area (Å²) in [7, 11) is 0. The van der Waals surface area contributed by atoms with Crippen molar-refractivity contribution < 1.29 is 4.92 Å². The molecular formula is C14H20N2O2. The molecule has 0 aliphatic carbocycles. The normalized spacial score (nSPS) is 20.8. The lowest BCUT2D eigenvalue weighted by Crippen LogP contribution is -2.35. The fourth-order valence-corrected chi connectivity index (χ4v) is 2.83. The number of nitro groups is 1. The average molecular weight is 248 g/mol. The van der Waals surface area contributed by atoms with E-state index in [-0.39, 0.29) is 10.6 Å². The van der Waals surface area contributed by atoms with Crippen LogP contribution in [0.4, 0.5) is 5.69 Å². The Morgan fingerprint density at radius 3 is 2.94 bits per heavy atom. The van der Waals surface area contributed by atoms with E-state index in [0.717, 1.165) is 44.5 Å². The molecule has 2 rings (SSSR count). The fraction of sp³-hybridized carbons (Fsp3) is 0.571. The van der Waals surface area contributed by atoms with Crippen LogP contribution in [0, 0.1) is 10.1 Å². The van der Waals surface area contributed by atoms with Gasteiger partial charge in [-0.1, -0.05) is 25.1 Å². The Labute approximate surface area is 108 Å². The van der Waals surface area contributed by atoms with Crippen molar-refractivity contribution in [3.63, 3.8) is 0 Å². The molecule has 1 aromatic rings. The Balaban J connectivity index is 2.18. The molecule has 18 heavy (non-hydrogen) atoms. The summed E-state index contributed by atoms with van der Waals surface area (Å²) in [6.45, 7) is 5.36. The van der Waals surface area contributed by atoms with Crippen LogP contribution in [0.5, 0.6) is 0 Å². The quantitative estimate of drug-likeness (QED) is 0.607. The predicted octanol–water partition coefficient (Wildman–Crippen LogP) is 3.18. The number of rotatable bonds is 4. The summed E-state index contributed by atoms with van der Waals surface area (Å²) in [5.41, 5.74) is 1.18. The lowest BCUT2D eigenvalue weighted by atomic mass is 9.89. The van der Waals surface area contributed by atoms with Gasteiger partial charge in [-0.25, -0.2) is 0 Å². The standard InChI is InChI=1S/C14H20N2O2/c1-2-9-15-10-5-6-12(11-15)13-7-3-4-8-14(13)16(17)18/h3-4,7-8,12H,2,5-6,9-11H2,1H3/t12-/m1/s1. The Morgan fingerprint density at radius 2 is 2.22 bits per heavy atom. The van der Waals surface area contributed by atoms with Gasteiger partial charge in [-0.2, -0.15) is 0 Å². The lowest BCUT2D eigenvalue weighted by molar-refractivity contribution is -0.385. The fourth-order valence-electron chi connectivity index (χ4n) is 2.83. The molecule has 1 aliphatic rings. The molecule has 0 aromatic heterocycles. The monoisotopic (exact) mass is 248 g/mol. The zero-order chi connectivity index (χ0) is 13.0. The number of benzene rings is 1. The van der Waals surface area contributed by atoms with Crippen molar-refractivity contribution in [3.8, 4) is 0 Å². The van der Waals surface area contributed by atoms with Crippen LogP contribution < -0.4 is 0 Å². The van der Waals surface area contributed by atoms with Crippen LogP contribution in [0.2, 0.25) is 0 Å². The van der Waals surface area contributed by atoms with E-state index < -0.39 is 0 Å².